The maximum Gasteiger partial charge on any atom is 0.416 e. The summed E-state index contributed by atoms with van der Waals surface area (Å²) >= 11 is 0. The molecule has 5 nitrogen and oxygen atoms in total. The summed E-state index contributed by atoms with van der Waals surface area (Å²) in [6, 6.07) is 11.3. The predicted molar refractivity (Wildman–Crippen MR) is 102 cm³/mol. The molecule has 0 aliphatic heterocycles. The molecule has 1 atom stereocenters. The van der Waals surface area contributed by atoms with Crippen LogP contribution < -0.4 is 10.1 Å². The minimum absolute atomic E-state index is 0.0575. The molecule has 0 unspecified atom stereocenters. The molecule has 0 fully saturated rings. The van der Waals surface area contributed by atoms with Crippen molar-refractivity contribution in [3.63, 3.8) is 0 Å². The molecule has 0 spiro atoms. The van der Waals surface area contributed by atoms with E-state index < -0.39 is 29.7 Å². The van der Waals surface area contributed by atoms with Crippen molar-refractivity contribution >= 4 is 17.6 Å². The molecule has 0 aliphatic carbocycles. The Morgan fingerprint density at radius 1 is 1.07 bits per heavy atom. The van der Waals surface area contributed by atoms with E-state index in [4.69, 9.17) is 9.47 Å². The molecule has 0 saturated heterocycles. The maximum atomic E-state index is 12.6. The molecule has 1 amide bonds. The van der Waals surface area contributed by atoms with E-state index in [1.807, 2.05) is 31.2 Å². The van der Waals surface area contributed by atoms with Crippen LogP contribution in [0.25, 0.3) is 0 Å². The smallest absolute Gasteiger partial charge is 0.416 e. The largest absolute Gasteiger partial charge is 0.494 e. The molecule has 0 aromatic heterocycles. The summed E-state index contributed by atoms with van der Waals surface area (Å²) in [6.07, 6.45) is -5.09. The lowest BCUT2D eigenvalue weighted by atomic mass is 10.1. The molecule has 0 bridgehead atoms. The molecule has 2 aromatic carbocycles. The Balaban J connectivity index is 1.85. The van der Waals surface area contributed by atoms with Crippen molar-refractivity contribution in [2.45, 2.75) is 39.0 Å². The van der Waals surface area contributed by atoms with Crippen molar-refractivity contribution in [1.82, 2.24) is 0 Å². The van der Waals surface area contributed by atoms with Crippen LogP contribution in [-0.2, 0) is 26.9 Å². The summed E-state index contributed by atoms with van der Waals surface area (Å²) < 4.78 is 48.3. The lowest BCUT2D eigenvalue weighted by molar-refractivity contribution is -0.153. The average Bonchev–Trinajstić information content (AvgIpc) is 2.67. The van der Waals surface area contributed by atoms with Crippen LogP contribution in [0.5, 0.6) is 5.75 Å². The van der Waals surface area contributed by atoms with Crippen LogP contribution in [0, 0.1) is 0 Å². The molecule has 156 valence electrons. The van der Waals surface area contributed by atoms with Gasteiger partial charge < -0.3 is 14.8 Å². The number of hydrogen-bond donors (Lipinski definition) is 1. The first-order valence-corrected chi connectivity index (χ1v) is 9.09. The highest BCUT2D eigenvalue weighted by Gasteiger charge is 2.30. The van der Waals surface area contributed by atoms with Gasteiger partial charge in [-0.05, 0) is 56.2 Å². The van der Waals surface area contributed by atoms with Gasteiger partial charge in [0.1, 0.15) is 5.75 Å². The minimum Gasteiger partial charge on any atom is -0.494 e. The topological polar surface area (TPSA) is 64.6 Å². The first kappa shape index (κ1) is 22.3. The zero-order chi connectivity index (χ0) is 21.4. The van der Waals surface area contributed by atoms with Crippen LogP contribution >= 0.6 is 0 Å². The molecule has 2 rings (SSSR count). The molecular formula is C21H22F3NO4. The highest BCUT2D eigenvalue weighted by atomic mass is 19.4. The van der Waals surface area contributed by atoms with E-state index in [-0.39, 0.29) is 12.1 Å². The van der Waals surface area contributed by atoms with Gasteiger partial charge in [0, 0.05) is 12.1 Å². The van der Waals surface area contributed by atoms with Gasteiger partial charge in [0.25, 0.3) is 5.91 Å². The summed E-state index contributed by atoms with van der Waals surface area (Å²) in [5.41, 5.74) is 0.215. The van der Waals surface area contributed by atoms with Crippen LogP contribution in [-0.4, -0.2) is 24.6 Å². The number of esters is 1. The maximum absolute atomic E-state index is 12.6. The minimum atomic E-state index is -4.45. The number of carbonyl (C=O) groups is 2. The molecular weight excluding hydrogens is 387 g/mol. The van der Waals surface area contributed by atoms with Crippen molar-refractivity contribution < 1.29 is 32.2 Å². The second-order valence-corrected chi connectivity index (χ2v) is 6.24. The van der Waals surface area contributed by atoms with E-state index in [1.165, 1.54) is 6.92 Å². The Labute approximate surface area is 166 Å². The fourth-order valence-corrected chi connectivity index (χ4v) is 2.54. The van der Waals surface area contributed by atoms with Crippen LogP contribution in [0.15, 0.2) is 48.5 Å². The summed E-state index contributed by atoms with van der Waals surface area (Å²) in [7, 11) is 0. The summed E-state index contributed by atoms with van der Waals surface area (Å²) in [5, 5.41) is 2.42. The standard InChI is InChI=1S/C21H22F3NO4/c1-3-28-18-7-5-4-6-15(18)8-13-19(26)29-14(2)20(27)25-17-11-9-16(10-12-17)21(22,23)24/h4-7,9-12,14H,3,8,13H2,1-2H3,(H,25,27)/t14-/m1/s1. The van der Waals surface area contributed by atoms with Gasteiger partial charge in [0.2, 0.25) is 0 Å². The van der Waals surface area contributed by atoms with E-state index in [2.05, 4.69) is 5.32 Å². The van der Waals surface area contributed by atoms with Crippen molar-refractivity contribution in [1.29, 1.82) is 0 Å². The number of amides is 1. The highest BCUT2D eigenvalue weighted by Crippen LogP contribution is 2.29. The van der Waals surface area contributed by atoms with Crippen LogP contribution in [0.2, 0.25) is 0 Å². The molecule has 2 aromatic rings. The molecule has 0 radical (unpaired) electrons. The Bertz CT molecular complexity index is 835. The lowest BCUT2D eigenvalue weighted by Crippen LogP contribution is -2.30. The van der Waals surface area contributed by atoms with E-state index >= 15 is 0 Å². The Kier molecular flexibility index (Phi) is 7.64. The van der Waals surface area contributed by atoms with Gasteiger partial charge in [-0.2, -0.15) is 13.2 Å². The van der Waals surface area contributed by atoms with Gasteiger partial charge in [-0.25, -0.2) is 0 Å². The number of ether oxygens (including phenoxy) is 2. The van der Waals surface area contributed by atoms with Gasteiger partial charge in [-0.3, -0.25) is 9.59 Å². The third-order valence-electron chi connectivity index (χ3n) is 4.03. The normalized spacial score (nSPS) is 12.2. The van der Waals surface area contributed by atoms with Gasteiger partial charge in [-0.15, -0.1) is 0 Å². The lowest BCUT2D eigenvalue weighted by Gasteiger charge is -2.15. The number of para-hydroxylation sites is 1. The van der Waals surface area contributed by atoms with Gasteiger partial charge in [0.15, 0.2) is 6.10 Å². The number of nitrogens with one attached hydrogen (secondary N) is 1. The quantitative estimate of drug-likeness (QED) is 0.647. The summed E-state index contributed by atoms with van der Waals surface area (Å²) in [4.78, 5) is 24.2. The first-order valence-electron chi connectivity index (χ1n) is 9.09. The Hall–Kier alpha value is -3.03. The summed E-state index contributed by atoms with van der Waals surface area (Å²) in [6.45, 7) is 3.76. The van der Waals surface area contributed by atoms with Gasteiger partial charge in [-0.1, -0.05) is 18.2 Å². The van der Waals surface area contributed by atoms with E-state index in [0.717, 1.165) is 29.8 Å². The second-order valence-electron chi connectivity index (χ2n) is 6.24. The van der Waals surface area contributed by atoms with Crippen molar-refractivity contribution in [2.24, 2.45) is 0 Å². The number of hydrogen-bond acceptors (Lipinski definition) is 4. The third-order valence-corrected chi connectivity index (χ3v) is 4.03. The van der Waals surface area contributed by atoms with E-state index in [0.29, 0.717) is 18.8 Å². The number of carbonyl (C=O) groups excluding carboxylic acids is 2. The SMILES string of the molecule is CCOc1ccccc1CCC(=O)O[C@H](C)C(=O)Nc1ccc(C(F)(F)F)cc1. The summed E-state index contributed by atoms with van der Waals surface area (Å²) in [5.74, 6) is -0.505. The average molecular weight is 409 g/mol. The van der Waals surface area contributed by atoms with E-state index in [1.54, 1.807) is 0 Å². The zero-order valence-electron chi connectivity index (χ0n) is 16.1. The molecule has 0 saturated carbocycles. The van der Waals surface area contributed by atoms with Crippen molar-refractivity contribution in [3.8, 4) is 5.75 Å². The number of halogens is 3. The van der Waals surface area contributed by atoms with Crippen LogP contribution in [0.4, 0.5) is 18.9 Å². The number of rotatable bonds is 8. The number of aryl methyl sites for hydroxylation is 1. The predicted octanol–water partition coefficient (Wildman–Crippen LogP) is 4.61. The zero-order valence-corrected chi connectivity index (χ0v) is 16.1. The number of anilines is 1. The number of alkyl halides is 3. The van der Waals surface area contributed by atoms with Gasteiger partial charge in [0.05, 0.1) is 12.2 Å². The highest BCUT2D eigenvalue weighted by molar-refractivity contribution is 5.95. The van der Waals surface area contributed by atoms with Crippen LogP contribution in [0.1, 0.15) is 31.4 Å². The Morgan fingerprint density at radius 2 is 1.72 bits per heavy atom. The van der Waals surface area contributed by atoms with Crippen molar-refractivity contribution in [2.75, 3.05) is 11.9 Å². The third kappa shape index (κ3) is 6.81. The fourth-order valence-electron chi connectivity index (χ4n) is 2.54. The van der Waals surface area contributed by atoms with E-state index in [9.17, 15) is 22.8 Å². The fraction of sp³-hybridized carbons (Fsp3) is 0.333. The van der Waals surface area contributed by atoms with Crippen molar-refractivity contribution in [3.05, 3.63) is 59.7 Å². The molecule has 0 aliphatic rings. The molecule has 29 heavy (non-hydrogen) atoms. The van der Waals surface area contributed by atoms with Crippen LogP contribution in [0.3, 0.4) is 0 Å². The van der Waals surface area contributed by atoms with Gasteiger partial charge >= 0.3 is 12.1 Å². The number of benzene rings is 2. The monoisotopic (exact) mass is 409 g/mol. The first-order chi connectivity index (χ1) is 13.7. The molecule has 8 heteroatoms. The molecule has 0 heterocycles. The Morgan fingerprint density at radius 3 is 2.34 bits per heavy atom. The molecule has 1 N–H and O–H groups in total. The second kappa shape index (κ2) is 9.95.